The number of nitrogens with one attached hydrogen (secondary N) is 2. The van der Waals surface area contributed by atoms with E-state index in [4.69, 9.17) is 4.74 Å². The molecule has 0 aliphatic heterocycles. The summed E-state index contributed by atoms with van der Waals surface area (Å²) in [5.74, 6) is 0.540. The molecule has 2 aliphatic carbocycles. The highest BCUT2D eigenvalue weighted by Crippen LogP contribution is 2.27. The molecule has 0 saturated heterocycles. The van der Waals surface area contributed by atoms with Crippen LogP contribution in [0.15, 0.2) is 23.1 Å². The predicted molar refractivity (Wildman–Crippen MR) is 104 cm³/mol. The summed E-state index contributed by atoms with van der Waals surface area (Å²) in [4.78, 5) is 12.6. The second kappa shape index (κ2) is 9.06. The molecule has 27 heavy (non-hydrogen) atoms. The summed E-state index contributed by atoms with van der Waals surface area (Å²) in [6.45, 7) is 0.646. The summed E-state index contributed by atoms with van der Waals surface area (Å²) in [5, 5.41) is 2.96. The lowest BCUT2D eigenvalue weighted by atomic mass is 9.89. The fraction of sp³-hybridized carbons (Fsp3) is 0.650. The first-order chi connectivity index (χ1) is 13.0. The maximum absolute atomic E-state index is 12.8. The molecular weight excluding hydrogens is 364 g/mol. The molecule has 7 heteroatoms. The van der Waals surface area contributed by atoms with Gasteiger partial charge in [0.2, 0.25) is 10.0 Å². The van der Waals surface area contributed by atoms with Crippen molar-refractivity contribution in [2.24, 2.45) is 5.92 Å². The van der Waals surface area contributed by atoms with Gasteiger partial charge in [0.1, 0.15) is 10.6 Å². The monoisotopic (exact) mass is 394 g/mol. The zero-order chi connectivity index (χ0) is 19.3. The van der Waals surface area contributed by atoms with E-state index in [1.54, 1.807) is 12.1 Å². The van der Waals surface area contributed by atoms with Crippen LogP contribution >= 0.6 is 0 Å². The van der Waals surface area contributed by atoms with Gasteiger partial charge in [0, 0.05) is 18.2 Å². The van der Waals surface area contributed by atoms with E-state index in [1.165, 1.54) is 32.4 Å². The topological polar surface area (TPSA) is 84.5 Å². The fourth-order valence-electron chi connectivity index (χ4n) is 4.08. The minimum atomic E-state index is -3.73. The number of hydrogen-bond donors (Lipinski definition) is 2. The highest BCUT2D eigenvalue weighted by molar-refractivity contribution is 7.89. The summed E-state index contributed by atoms with van der Waals surface area (Å²) in [6, 6.07) is 4.55. The Morgan fingerprint density at radius 1 is 1.07 bits per heavy atom. The van der Waals surface area contributed by atoms with Crippen LogP contribution in [0.2, 0.25) is 0 Å². The Balaban J connectivity index is 1.72. The Bertz CT molecular complexity index is 751. The zero-order valence-corrected chi connectivity index (χ0v) is 16.8. The van der Waals surface area contributed by atoms with Crippen LogP contribution in [0.1, 0.15) is 68.1 Å². The van der Waals surface area contributed by atoms with Gasteiger partial charge in [-0.25, -0.2) is 13.1 Å². The third kappa shape index (κ3) is 5.23. The predicted octanol–water partition coefficient (Wildman–Crippen LogP) is 3.23. The van der Waals surface area contributed by atoms with E-state index in [-0.39, 0.29) is 22.6 Å². The SMILES string of the molecule is COc1ccc(C(=O)NCC2CCCCC2)cc1S(=O)(=O)NC1CCCC1. The lowest BCUT2D eigenvalue weighted by Crippen LogP contribution is -2.33. The minimum Gasteiger partial charge on any atom is -0.495 e. The second-order valence-corrected chi connectivity index (χ2v) is 9.36. The van der Waals surface area contributed by atoms with Crippen LogP contribution in [0.5, 0.6) is 5.75 Å². The molecule has 1 amide bonds. The van der Waals surface area contributed by atoms with E-state index < -0.39 is 10.0 Å². The molecule has 2 saturated carbocycles. The first-order valence-corrected chi connectivity index (χ1v) is 11.5. The van der Waals surface area contributed by atoms with Gasteiger partial charge in [-0.05, 0) is 49.8 Å². The normalized spacial score (nSPS) is 19.1. The summed E-state index contributed by atoms with van der Waals surface area (Å²) < 4.78 is 33.6. The van der Waals surface area contributed by atoms with Crippen LogP contribution in [0, 0.1) is 5.92 Å². The molecule has 0 atom stereocenters. The largest absolute Gasteiger partial charge is 0.495 e. The van der Waals surface area contributed by atoms with Gasteiger partial charge in [0.05, 0.1) is 7.11 Å². The molecule has 3 rings (SSSR count). The van der Waals surface area contributed by atoms with Gasteiger partial charge in [-0.15, -0.1) is 0 Å². The van der Waals surface area contributed by atoms with Crippen LogP contribution in [-0.4, -0.2) is 34.0 Å². The van der Waals surface area contributed by atoms with Crippen molar-refractivity contribution >= 4 is 15.9 Å². The summed E-state index contributed by atoms with van der Waals surface area (Å²) in [6.07, 6.45) is 9.78. The lowest BCUT2D eigenvalue weighted by molar-refractivity contribution is 0.0943. The summed E-state index contributed by atoms with van der Waals surface area (Å²) >= 11 is 0. The standard InChI is InChI=1S/C20H30N2O4S/c1-26-18-12-11-16(20(23)21-14-15-7-3-2-4-8-15)13-19(18)27(24,25)22-17-9-5-6-10-17/h11-13,15,17,22H,2-10,14H2,1H3,(H,21,23). The number of rotatable bonds is 7. The Hall–Kier alpha value is -1.60. The molecule has 6 nitrogen and oxygen atoms in total. The zero-order valence-electron chi connectivity index (χ0n) is 16.0. The fourth-order valence-corrected chi connectivity index (χ4v) is 5.58. The Morgan fingerprint density at radius 3 is 2.41 bits per heavy atom. The van der Waals surface area contributed by atoms with Gasteiger partial charge in [0.25, 0.3) is 5.91 Å². The molecule has 0 unspecified atom stereocenters. The molecule has 0 aromatic heterocycles. The molecular formula is C20H30N2O4S. The molecule has 0 spiro atoms. The summed E-state index contributed by atoms with van der Waals surface area (Å²) in [5.41, 5.74) is 0.346. The molecule has 150 valence electrons. The number of hydrogen-bond acceptors (Lipinski definition) is 4. The molecule has 0 radical (unpaired) electrons. The van der Waals surface area contributed by atoms with Gasteiger partial charge in [-0.1, -0.05) is 32.1 Å². The van der Waals surface area contributed by atoms with E-state index in [9.17, 15) is 13.2 Å². The molecule has 1 aromatic rings. The average molecular weight is 395 g/mol. The average Bonchev–Trinajstić information content (AvgIpc) is 3.18. The molecule has 2 N–H and O–H groups in total. The van der Waals surface area contributed by atoms with Crippen LogP contribution in [-0.2, 0) is 10.0 Å². The number of ether oxygens (including phenoxy) is 1. The van der Waals surface area contributed by atoms with Crippen molar-refractivity contribution in [3.63, 3.8) is 0 Å². The van der Waals surface area contributed by atoms with Crippen molar-refractivity contribution in [1.29, 1.82) is 0 Å². The van der Waals surface area contributed by atoms with Crippen molar-refractivity contribution < 1.29 is 17.9 Å². The first-order valence-electron chi connectivity index (χ1n) is 9.98. The molecule has 0 heterocycles. The number of sulfonamides is 1. The smallest absolute Gasteiger partial charge is 0.251 e. The van der Waals surface area contributed by atoms with Crippen LogP contribution in [0.25, 0.3) is 0 Å². The van der Waals surface area contributed by atoms with Gasteiger partial charge >= 0.3 is 0 Å². The Morgan fingerprint density at radius 2 is 1.74 bits per heavy atom. The summed E-state index contributed by atoms with van der Waals surface area (Å²) in [7, 11) is -2.30. The quantitative estimate of drug-likeness (QED) is 0.744. The van der Waals surface area contributed by atoms with Gasteiger partial charge in [0.15, 0.2) is 0 Å². The van der Waals surface area contributed by atoms with Crippen molar-refractivity contribution in [1.82, 2.24) is 10.0 Å². The minimum absolute atomic E-state index is 0.0298. The van der Waals surface area contributed by atoms with Crippen molar-refractivity contribution in [2.45, 2.75) is 68.7 Å². The van der Waals surface area contributed by atoms with Crippen LogP contribution in [0.4, 0.5) is 0 Å². The van der Waals surface area contributed by atoms with E-state index in [1.807, 2.05) is 0 Å². The third-order valence-corrected chi connectivity index (χ3v) is 7.21. The van der Waals surface area contributed by atoms with Gasteiger partial charge in [-0.2, -0.15) is 0 Å². The van der Waals surface area contributed by atoms with E-state index in [0.717, 1.165) is 38.5 Å². The number of carbonyl (C=O) groups is 1. The molecule has 2 fully saturated rings. The van der Waals surface area contributed by atoms with E-state index >= 15 is 0 Å². The van der Waals surface area contributed by atoms with E-state index in [0.29, 0.717) is 18.0 Å². The van der Waals surface area contributed by atoms with Crippen molar-refractivity contribution in [3.8, 4) is 5.75 Å². The molecule has 0 bridgehead atoms. The van der Waals surface area contributed by atoms with Crippen LogP contribution < -0.4 is 14.8 Å². The highest BCUT2D eigenvalue weighted by atomic mass is 32.2. The van der Waals surface area contributed by atoms with E-state index in [2.05, 4.69) is 10.0 Å². The Labute approximate surface area is 162 Å². The number of carbonyl (C=O) groups excluding carboxylic acids is 1. The number of amides is 1. The second-order valence-electron chi connectivity index (χ2n) is 7.68. The van der Waals surface area contributed by atoms with Crippen molar-refractivity contribution in [3.05, 3.63) is 23.8 Å². The maximum atomic E-state index is 12.8. The highest BCUT2D eigenvalue weighted by Gasteiger charge is 2.26. The van der Waals surface area contributed by atoms with Crippen molar-refractivity contribution in [2.75, 3.05) is 13.7 Å². The third-order valence-electron chi connectivity index (χ3n) is 5.67. The number of benzene rings is 1. The lowest BCUT2D eigenvalue weighted by Gasteiger charge is -2.22. The first kappa shape index (κ1) is 20.1. The molecule has 2 aliphatic rings. The molecule has 1 aromatic carbocycles. The maximum Gasteiger partial charge on any atom is 0.251 e. The number of methoxy groups -OCH3 is 1. The van der Waals surface area contributed by atoms with Gasteiger partial charge < -0.3 is 10.1 Å². The van der Waals surface area contributed by atoms with Crippen LogP contribution in [0.3, 0.4) is 0 Å². The Kier molecular flexibility index (Phi) is 6.76. The van der Waals surface area contributed by atoms with Gasteiger partial charge in [-0.3, -0.25) is 4.79 Å².